The van der Waals surface area contributed by atoms with E-state index in [1.807, 2.05) is 39.0 Å². The zero-order valence-corrected chi connectivity index (χ0v) is 15.3. The fourth-order valence-corrected chi connectivity index (χ4v) is 2.46. The van der Waals surface area contributed by atoms with Crippen LogP contribution in [0.5, 0.6) is 0 Å². The first-order valence-corrected chi connectivity index (χ1v) is 8.47. The van der Waals surface area contributed by atoms with E-state index in [0.29, 0.717) is 11.6 Å². The van der Waals surface area contributed by atoms with Crippen molar-refractivity contribution in [3.63, 3.8) is 0 Å². The number of anilines is 1. The van der Waals surface area contributed by atoms with Gasteiger partial charge in [-0.15, -0.1) is 0 Å². The van der Waals surface area contributed by atoms with Gasteiger partial charge in [0, 0.05) is 12.1 Å². The fourth-order valence-electron chi connectivity index (χ4n) is 1.76. The molecule has 7 heteroatoms. The summed E-state index contributed by atoms with van der Waals surface area (Å²) in [6.07, 6.45) is 6.55. The van der Waals surface area contributed by atoms with Crippen molar-refractivity contribution in [2.24, 2.45) is 0 Å². The maximum absolute atomic E-state index is 11.8. The first-order chi connectivity index (χ1) is 11.2. The summed E-state index contributed by atoms with van der Waals surface area (Å²) in [6, 6.07) is 1.82. The van der Waals surface area contributed by atoms with E-state index in [9.17, 15) is 4.79 Å². The highest BCUT2D eigenvalue weighted by molar-refractivity contribution is 7.06. The van der Waals surface area contributed by atoms with Gasteiger partial charge in [-0.3, -0.25) is 10.3 Å². The molecule has 128 valence electrons. The van der Waals surface area contributed by atoms with Crippen LogP contribution < -0.4 is 5.32 Å². The van der Waals surface area contributed by atoms with Gasteiger partial charge in [-0.25, -0.2) is 9.78 Å². The van der Waals surface area contributed by atoms with E-state index in [0.717, 1.165) is 16.4 Å². The van der Waals surface area contributed by atoms with Crippen LogP contribution >= 0.6 is 11.5 Å². The van der Waals surface area contributed by atoms with E-state index in [4.69, 9.17) is 4.74 Å². The molecule has 0 saturated carbocycles. The van der Waals surface area contributed by atoms with Crippen LogP contribution in [-0.2, 0) is 4.74 Å². The molecular weight excluding hydrogens is 324 g/mol. The quantitative estimate of drug-likeness (QED) is 0.877. The van der Waals surface area contributed by atoms with Crippen molar-refractivity contribution in [1.29, 1.82) is 0 Å². The second-order valence-corrected chi connectivity index (χ2v) is 7.40. The predicted octanol–water partition coefficient (Wildman–Crippen LogP) is 4.57. The number of amides is 1. The van der Waals surface area contributed by atoms with Crippen LogP contribution in [0.3, 0.4) is 0 Å². The molecule has 0 aliphatic heterocycles. The smallest absolute Gasteiger partial charge is 0.412 e. The lowest BCUT2D eigenvalue weighted by atomic mass is 10.2. The molecule has 0 aliphatic rings. The molecule has 2 aromatic heterocycles. The summed E-state index contributed by atoms with van der Waals surface area (Å²) in [6.45, 7) is 9.57. The maximum Gasteiger partial charge on any atom is 0.412 e. The molecule has 2 rings (SSSR count). The average Bonchev–Trinajstić information content (AvgIpc) is 2.92. The molecule has 0 radical (unpaired) electrons. The lowest BCUT2D eigenvalue weighted by Gasteiger charge is -2.19. The average molecular weight is 346 g/mol. The van der Waals surface area contributed by atoms with Gasteiger partial charge in [0.25, 0.3) is 0 Å². The summed E-state index contributed by atoms with van der Waals surface area (Å²) < 4.78 is 9.53. The van der Waals surface area contributed by atoms with E-state index in [1.54, 1.807) is 12.4 Å². The van der Waals surface area contributed by atoms with Crippen LogP contribution in [-0.4, -0.2) is 26.0 Å². The summed E-state index contributed by atoms with van der Waals surface area (Å²) in [5, 5.41) is 3.51. The molecule has 1 amide bonds. The van der Waals surface area contributed by atoms with Gasteiger partial charge in [-0.1, -0.05) is 19.9 Å². The Morgan fingerprint density at radius 1 is 1.29 bits per heavy atom. The third-order valence-corrected chi connectivity index (χ3v) is 3.49. The van der Waals surface area contributed by atoms with Gasteiger partial charge in [-0.05, 0) is 50.0 Å². The zero-order valence-electron chi connectivity index (χ0n) is 14.5. The molecule has 1 N–H and O–H groups in total. The van der Waals surface area contributed by atoms with E-state index in [-0.39, 0.29) is 0 Å². The summed E-state index contributed by atoms with van der Waals surface area (Å²) in [7, 11) is 0. The normalized spacial score (nSPS) is 11.9. The fraction of sp³-hybridized carbons (Fsp3) is 0.412. The number of pyridine rings is 1. The third-order valence-electron chi connectivity index (χ3n) is 2.80. The molecular formula is C17H22N4O2S. The second kappa shape index (κ2) is 7.53. The topological polar surface area (TPSA) is 77.0 Å². The molecule has 0 saturated heterocycles. The highest BCUT2D eigenvalue weighted by Crippen LogP contribution is 2.17. The number of nitrogens with zero attached hydrogens (tertiary/aromatic N) is 3. The van der Waals surface area contributed by atoms with Gasteiger partial charge in [0.15, 0.2) is 0 Å². The monoisotopic (exact) mass is 346 g/mol. The molecule has 6 nitrogen and oxygen atoms in total. The number of ether oxygens (including phenoxy) is 1. The Morgan fingerprint density at radius 3 is 2.67 bits per heavy atom. The number of hydrogen-bond donors (Lipinski definition) is 1. The van der Waals surface area contributed by atoms with E-state index < -0.39 is 11.7 Å². The van der Waals surface area contributed by atoms with Crippen LogP contribution in [0.1, 0.15) is 56.9 Å². The summed E-state index contributed by atoms with van der Waals surface area (Å²) in [4.78, 5) is 20.4. The van der Waals surface area contributed by atoms with Crippen molar-refractivity contribution in [3.8, 4) is 0 Å². The van der Waals surface area contributed by atoms with E-state index in [1.165, 1.54) is 11.5 Å². The Labute approximate surface area is 146 Å². The Balaban J connectivity index is 2.04. The number of hydrogen-bond acceptors (Lipinski definition) is 6. The predicted molar refractivity (Wildman–Crippen MR) is 97.0 cm³/mol. The van der Waals surface area contributed by atoms with Crippen LogP contribution in [0, 0.1) is 0 Å². The van der Waals surface area contributed by atoms with Crippen LogP contribution in [0.15, 0.2) is 18.5 Å². The summed E-state index contributed by atoms with van der Waals surface area (Å²) in [5.74, 6) is 1.16. The number of carbonyl (C=O) groups is 1. The third kappa shape index (κ3) is 5.73. The Hall–Kier alpha value is -2.28. The summed E-state index contributed by atoms with van der Waals surface area (Å²) in [5.41, 5.74) is 0.887. The number of aromatic nitrogens is 3. The molecule has 0 bridgehead atoms. The first kappa shape index (κ1) is 18.1. The Morgan fingerprint density at radius 2 is 2.04 bits per heavy atom. The second-order valence-electron chi connectivity index (χ2n) is 6.61. The van der Waals surface area contributed by atoms with Gasteiger partial charge in [0.2, 0.25) is 0 Å². The SMILES string of the molecule is CC(C)c1nsc(/C=C/c2cncc(NC(=O)OC(C)(C)C)c2)n1. The molecule has 0 aromatic carbocycles. The van der Waals surface area contributed by atoms with E-state index in [2.05, 4.69) is 33.5 Å². The Bertz CT molecular complexity index is 732. The number of carbonyl (C=O) groups excluding carboxylic acids is 1. The molecule has 0 spiro atoms. The van der Waals surface area contributed by atoms with Crippen molar-refractivity contribution in [2.75, 3.05) is 5.32 Å². The summed E-state index contributed by atoms with van der Waals surface area (Å²) >= 11 is 1.36. The maximum atomic E-state index is 11.8. The molecule has 0 aliphatic carbocycles. The highest BCUT2D eigenvalue weighted by atomic mass is 32.1. The molecule has 0 unspecified atom stereocenters. The van der Waals surface area contributed by atoms with Gasteiger partial charge in [0.05, 0.1) is 11.9 Å². The van der Waals surface area contributed by atoms with Crippen molar-refractivity contribution in [1.82, 2.24) is 14.3 Å². The van der Waals surface area contributed by atoms with Gasteiger partial charge >= 0.3 is 6.09 Å². The van der Waals surface area contributed by atoms with Crippen LogP contribution in [0.25, 0.3) is 12.2 Å². The molecule has 0 fully saturated rings. The van der Waals surface area contributed by atoms with E-state index >= 15 is 0 Å². The largest absolute Gasteiger partial charge is 0.444 e. The van der Waals surface area contributed by atoms with Crippen molar-refractivity contribution in [2.45, 2.75) is 46.1 Å². The molecule has 24 heavy (non-hydrogen) atoms. The minimum absolute atomic E-state index is 0.312. The van der Waals surface area contributed by atoms with Gasteiger partial charge < -0.3 is 4.74 Å². The minimum Gasteiger partial charge on any atom is -0.444 e. The van der Waals surface area contributed by atoms with Crippen molar-refractivity contribution >= 4 is 35.5 Å². The molecule has 2 heterocycles. The first-order valence-electron chi connectivity index (χ1n) is 7.70. The van der Waals surface area contributed by atoms with Crippen molar-refractivity contribution in [3.05, 3.63) is 34.9 Å². The molecule has 0 atom stereocenters. The standard InChI is InChI=1S/C17H22N4O2S/c1-11(2)15-20-14(24-21-15)7-6-12-8-13(10-18-9-12)19-16(22)23-17(3,4)5/h6-11H,1-5H3,(H,19,22)/b7-6+. The van der Waals surface area contributed by atoms with Gasteiger partial charge in [0.1, 0.15) is 16.4 Å². The molecule has 2 aromatic rings. The minimum atomic E-state index is -0.541. The van der Waals surface area contributed by atoms with Crippen molar-refractivity contribution < 1.29 is 9.53 Å². The van der Waals surface area contributed by atoms with Gasteiger partial charge in [-0.2, -0.15) is 4.37 Å². The lowest BCUT2D eigenvalue weighted by Crippen LogP contribution is -2.27. The zero-order chi connectivity index (χ0) is 17.7. The van der Waals surface area contributed by atoms with Crippen LogP contribution in [0.2, 0.25) is 0 Å². The Kier molecular flexibility index (Phi) is 5.66. The van der Waals surface area contributed by atoms with Crippen LogP contribution in [0.4, 0.5) is 10.5 Å². The number of rotatable bonds is 4. The lowest BCUT2D eigenvalue weighted by molar-refractivity contribution is 0.0636. The number of nitrogens with one attached hydrogen (secondary N) is 1. The highest BCUT2D eigenvalue weighted by Gasteiger charge is 2.16.